The fraction of sp³-hybridized carbons (Fsp3) is 0.240. The van der Waals surface area contributed by atoms with Gasteiger partial charge in [-0.1, -0.05) is 18.2 Å². The van der Waals surface area contributed by atoms with E-state index in [0.29, 0.717) is 28.3 Å². The maximum atomic E-state index is 12.6. The molecule has 5 rings (SSSR count). The Morgan fingerprint density at radius 1 is 1.00 bits per heavy atom. The molecule has 1 amide bonds. The highest BCUT2D eigenvalue weighted by Crippen LogP contribution is 2.40. The third kappa shape index (κ3) is 4.45. The van der Waals surface area contributed by atoms with Crippen molar-refractivity contribution in [2.75, 3.05) is 11.9 Å². The van der Waals surface area contributed by atoms with E-state index in [1.54, 1.807) is 22.9 Å². The number of aromatic nitrogens is 4. The van der Waals surface area contributed by atoms with Gasteiger partial charge >= 0.3 is 5.97 Å². The second-order valence-corrected chi connectivity index (χ2v) is 8.20. The van der Waals surface area contributed by atoms with E-state index < -0.39 is 18.5 Å². The molecule has 1 aliphatic carbocycles. The van der Waals surface area contributed by atoms with Crippen LogP contribution in [0.5, 0.6) is 0 Å². The number of carbonyl (C=O) groups excluding carboxylic acids is 2. The molecule has 1 fully saturated rings. The van der Waals surface area contributed by atoms with E-state index in [1.165, 1.54) is 0 Å². The van der Waals surface area contributed by atoms with Gasteiger partial charge in [0.05, 0.1) is 39.4 Å². The summed E-state index contributed by atoms with van der Waals surface area (Å²) in [4.78, 5) is 34.0. The van der Waals surface area contributed by atoms with Crippen LogP contribution in [-0.4, -0.2) is 38.2 Å². The highest BCUT2D eigenvalue weighted by Gasteiger charge is 2.28. The molecule has 0 saturated heterocycles. The van der Waals surface area contributed by atoms with Gasteiger partial charge in [0.25, 0.3) is 5.91 Å². The maximum Gasteiger partial charge on any atom is 0.338 e. The van der Waals surface area contributed by atoms with E-state index in [1.807, 2.05) is 50.2 Å². The van der Waals surface area contributed by atoms with Crippen molar-refractivity contribution < 1.29 is 14.3 Å². The number of aryl methyl sites for hydroxylation is 2. The Balaban J connectivity index is 1.28. The zero-order valence-electron chi connectivity index (χ0n) is 18.4. The van der Waals surface area contributed by atoms with Crippen LogP contribution in [0, 0.1) is 13.8 Å². The second kappa shape index (κ2) is 8.46. The lowest BCUT2D eigenvalue weighted by atomic mass is 10.2. The molecule has 166 valence electrons. The van der Waals surface area contributed by atoms with Crippen LogP contribution >= 0.6 is 0 Å². The molecule has 1 aliphatic rings. The van der Waals surface area contributed by atoms with Crippen molar-refractivity contribution in [1.29, 1.82) is 0 Å². The molecule has 2 aromatic heterocycles. The first-order chi connectivity index (χ1) is 16.0. The van der Waals surface area contributed by atoms with Gasteiger partial charge in [0.1, 0.15) is 5.82 Å². The molecule has 0 radical (unpaired) electrons. The van der Waals surface area contributed by atoms with Gasteiger partial charge in [0.2, 0.25) is 0 Å². The largest absolute Gasteiger partial charge is 0.452 e. The van der Waals surface area contributed by atoms with E-state index in [0.717, 1.165) is 35.6 Å². The average molecular weight is 441 g/mol. The number of benzene rings is 2. The van der Waals surface area contributed by atoms with Crippen molar-refractivity contribution in [1.82, 2.24) is 19.7 Å². The maximum absolute atomic E-state index is 12.6. The van der Waals surface area contributed by atoms with Crippen LogP contribution in [0.3, 0.4) is 0 Å². The normalized spacial score (nSPS) is 13.2. The summed E-state index contributed by atoms with van der Waals surface area (Å²) in [6, 6.07) is 16.5. The fourth-order valence-corrected chi connectivity index (χ4v) is 3.58. The summed E-state index contributed by atoms with van der Waals surface area (Å²) in [6.07, 6.45) is 2.21. The number of carbonyl (C=O) groups is 2. The van der Waals surface area contributed by atoms with Crippen LogP contribution < -0.4 is 5.32 Å². The molecule has 0 atom stereocenters. The fourth-order valence-electron chi connectivity index (χ4n) is 3.58. The van der Waals surface area contributed by atoms with E-state index in [-0.39, 0.29) is 0 Å². The average Bonchev–Trinajstić information content (AvgIpc) is 3.59. The lowest BCUT2D eigenvalue weighted by molar-refractivity contribution is -0.119. The van der Waals surface area contributed by atoms with E-state index in [2.05, 4.69) is 20.4 Å². The quantitative estimate of drug-likeness (QED) is 0.452. The first-order valence-corrected chi connectivity index (χ1v) is 10.9. The predicted octanol–water partition coefficient (Wildman–Crippen LogP) is 4.11. The third-order valence-electron chi connectivity index (χ3n) is 5.64. The lowest BCUT2D eigenvalue weighted by Crippen LogP contribution is -2.22. The molecule has 4 aromatic rings. The highest BCUT2D eigenvalue weighted by atomic mass is 16.5. The number of esters is 1. The predicted molar refractivity (Wildman–Crippen MR) is 123 cm³/mol. The topological polar surface area (TPSA) is 99.0 Å². The number of nitrogens with one attached hydrogen (secondary N) is 1. The van der Waals surface area contributed by atoms with Crippen molar-refractivity contribution >= 4 is 28.7 Å². The Hall–Kier alpha value is -4.07. The molecule has 1 N–H and O–H groups in total. The Morgan fingerprint density at radius 2 is 1.73 bits per heavy atom. The summed E-state index contributed by atoms with van der Waals surface area (Å²) in [6.45, 7) is 3.35. The number of amides is 1. The van der Waals surface area contributed by atoms with Crippen molar-refractivity contribution in [3.05, 3.63) is 77.2 Å². The Labute approximate surface area is 190 Å². The van der Waals surface area contributed by atoms with Crippen LogP contribution in [0.4, 0.5) is 5.82 Å². The Bertz CT molecular complexity index is 1360. The third-order valence-corrected chi connectivity index (χ3v) is 5.64. The molecule has 2 aromatic carbocycles. The van der Waals surface area contributed by atoms with Gasteiger partial charge in [-0.25, -0.2) is 19.4 Å². The van der Waals surface area contributed by atoms with Crippen LogP contribution in [0.1, 0.15) is 46.2 Å². The summed E-state index contributed by atoms with van der Waals surface area (Å²) >= 11 is 0. The summed E-state index contributed by atoms with van der Waals surface area (Å²) in [5, 5.41) is 7.49. The molecule has 8 heteroatoms. The molecule has 1 saturated carbocycles. The SMILES string of the molecule is Cc1nc2ccc(C(=O)OCC(=O)Nc3cc(C4CC4)nn3-c3ccccc3)cc2nc1C. The van der Waals surface area contributed by atoms with Crippen LogP contribution in [0.25, 0.3) is 16.7 Å². The highest BCUT2D eigenvalue weighted by molar-refractivity contribution is 5.97. The van der Waals surface area contributed by atoms with Crippen molar-refractivity contribution in [3.63, 3.8) is 0 Å². The van der Waals surface area contributed by atoms with E-state index in [4.69, 9.17) is 4.74 Å². The van der Waals surface area contributed by atoms with Gasteiger partial charge in [-0.3, -0.25) is 4.79 Å². The first-order valence-electron chi connectivity index (χ1n) is 10.9. The number of hydrogen-bond donors (Lipinski definition) is 1. The minimum Gasteiger partial charge on any atom is -0.452 e. The molecule has 0 spiro atoms. The molecule has 8 nitrogen and oxygen atoms in total. The standard InChI is InChI=1S/C25H23N5O3/c1-15-16(2)27-22-12-18(10-11-20(22)26-15)25(32)33-14-24(31)28-23-13-21(17-8-9-17)29-30(23)19-6-4-3-5-7-19/h3-7,10-13,17H,8-9,14H2,1-2H3,(H,28,31). The minimum absolute atomic E-state index is 0.318. The monoisotopic (exact) mass is 441 g/mol. The van der Waals surface area contributed by atoms with Crippen LogP contribution in [-0.2, 0) is 9.53 Å². The number of rotatable bonds is 6. The zero-order chi connectivity index (χ0) is 22.9. The van der Waals surface area contributed by atoms with Crippen molar-refractivity contribution in [2.45, 2.75) is 32.6 Å². The van der Waals surface area contributed by atoms with Gasteiger partial charge in [0, 0.05) is 12.0 Å². The number of fused-ring (bicyclic) bond motifs is 1. The summed E-state index contributed by atoms with van der Waals surface area (Å²) in [5.74, 6) is -0.0417. The molecule has 33 heavy (non-hydrogen) atoms. The molecular formula is C25H23N5O3. The smallest absolute Gasteiger partial charge is 0.338 e. The number of para-hydroxylation sites is 1. The van der Waals surface area contributed by atoms with E-state index >= 15 is 0 Å². The summed E-state index contributed by atoms with van der Waals surface area (Å²) in [5.41, 5.74) is 5.07. The molecular weight excluding hydrogens is 418 g/mol. The number of nitrogens with zero attached hydrogens (tertiary/aromatic N) is 4. The number of hydrogen-bond acceptors (Lipinski definition) is 6. The van der Waals surface area contributed by atoms with Gasteiger partial charge < -0.3 is 10.1 Å². The number of anilines is 1. The molecule has 0 unspecified atom stereocenters. The van der Waals surface area contributed by atoms with Gasteiger partial charge in [0.15, 0.2) is 6.61 Å². The number of ether oxygens (including phenoxy) is 1. The minimum atomic E-state index is -0.595. The van der Waals surface area contributed by atoms with Gasteiger partial charge in [-0.15, -0.1) is 0 Å². The van der Waals surface area contributed by atoms with Crippen LogP contribution in [0.2, 0.25) is 0 Å². The first kappa shape index (κ1) is 20.8. The summed E-state index contributed by atoms with van der Waals surface area (Å²) < 4.78 is 6.96. The molecule has 0 bridgehead atoms. The Morgan fingerprint density at radius 3 is 2.45 bits per heavy atom. The van der Waals surface area contributed by atoms with Crippen LogP contribution in [0.15, 0.2) is 54.6 Å². The van der Waals surface area contributed by atoms with Gasteiger partial charge in [-0.2, -0.15) is 5.10 Å². The van der Waals surface area contributed by atoms with E-state index in [9.17, 15) is 9.59 Å². The summed E-state index contributed by atoms with van der Waals surface area (Å²) in [7, 11) is 0. The van der Waals surface area contributed by atoms with Crippen molar-refractivity contribution in [3.8, 4) is 5.69 Å². The molecule has 0 aliphatic heterocycles. The second-order valence-electron chi connectivity index (χ2n) is 8.20. The van der Waals surface area contributed by atoms with Gasteiger partial charge in [-0.05, 0) is 57.0 Å². The zero-order valence-corrected chi connectivity index (χ0v) is 18.4. The Kier molecular flexibility index (Phi) is 5.34. The lowest BCUT2D eigenvalue weighted by Gasteiger charge is -2.09. The molecule has 2 heterocycles. The van der Waals surface area contributed by atoms with Crippen molar-refractivity contribution in [2.24, 2.45) is 0 Å².